The van der Waals surface area contributed by atoms with Crippen molar-refractivity contribution >= 4 is 98.0 Å². The number of pyridine rings is 10. The van der Waals surface area contributed by atoms with E-state index >= 15 is 0 Å². The van der Waals surface area contributed by atoms with E-state index in [2.05, 4.69) is 229 Å². The third kappa shape index (κ3) is 9.58. The first-order valence-electron chi connectivity index (χ1n) is 32.0. The highest BCUT2D eigenvalue weighted by molar-refractivity contribution is 6.11. The summed E-state index contributed by atoms with van der Waals surface area (Å²) in [5, 5.41) is 10.6. The van der Waals surface area contributed by atoms with Crippen LogP contribution < -0.4 is 0 Å². The van der Waals surface area contributed by atoms with Crippen LogP contribution in [0.5, 0.6) is 0 Å². The van der Waals surface area contributed by atoms with Crippen molar-refractivity contribution in [3.8, 4) is 101 Å². The van der Waals surface area contributed by atoms with Gasteiger partial charge in [0.05, 0.1) is 84.0 Å². The van der Waals surface area contributed by atoms with Crippen molar-refractivity contribution in [2.75, 3.05) is 0 Å². The molecule has 10 heteroatoms. The fourth-order valence-electron chi connectivity index (χ4n) is 13.7. The number of fused-ring (bicyclic) bond motifs is 11. The summed E-state index contributed by atoms with van der Waals surface area (Å²) >= 11 is 0. The van der Waals surface area contributed by atoms with Gasteiger partial charge in [0.15, 0.2) is 0 Å². The summed E-state index contributed by atoms with van der Waals surface area (Å²) in [4.78, 5) is 50.1. The molecule has 0 aliphatic rings. The zero-order chi connectivity index (χ0) is 63.2. The van der Waals surface area contributed by atoms with Crippen LogP contribution in [-0.4, -0.2) is 49.8 Å². The van der Waals surface area contributed by atoms with Crippen LogP contribution in [-0.2, 0) is 0 Å². The van der Waals surface area contributed by atoms with Crippen molar-refractivity contribution in [3.63, 3.8) is 0 Å². The third-order valence-electron chi connectivity index (χ3n) is 18.7. The Labute approximate surface area is 549 Å². The first-order valence-corrected chi connectivity index (χ1v) is 32.0. The molecule has 10 aromatic heterocycles. The minimum Gasteiger partial charge on any atom is -0.255 e. The molecule has 10 heterocycles. The zero-order valence-electron chi connectivity index (χ0n) is 51.3. The molecule has 96 heavy (non-hydrogen) atoms. The van der Waals surface area contributed by atoms with Gasteiger partial charge in [-0.2, -0.15) is 0 Å². The van der Waals surface area contributed by atoms with E-state index in [4.69, 9.17) is 44.9 Å². The summed E-state index contributed by atoms with van der Waals surface area (Å²) in [6, 6.07) is 95.4. The second-order valence-electron chi connectivity index (χ2n) is 24.4. The summed E-state index contributed by atoms with van der Waals surface area (Å²) in [6.07, 6.45) is 9.26. The molecule has 19 rings (SSSR count). The van der Waals surface area contributed by atoms with E-state index in [9.17, 15) is 0 Å². The Morgan fingerprint density at radius 3 is 1.26 bits per heavy atom. The van der Waals surface area contributed by atoms with Gasteiger partial charge in [0.25, 0.3) is 0 Å². The summed E-state index contributed by atoms with van der Waals surface area (Å²) in [6.45, 7) is 0. The van der Waals surface area contributed by atoms with Crippen LogP contribution in [0.15, 0.2) is 304 Å². The minimum atomic E-state index is 0.767. The van der Waals surface area contributed by atoms with Gasteiger partial charge in [-0.3, -0.25) is 24.9 Å². The van der Waals surface area contributed by atoms with Gasteiger partial charge >= 0.3 is 0 Å². The van der Waals surface area contributed by atoms with Gasteiger partial charge in [-0.1, -0.05) is 170 Å². The van der Waals surface area contributed by atoms with E-state index in [0.717, 1.165) is 199 Å². The summed E-state index contributed by atoms with van der Waals surface area (Å²) in [5.74, 6) is 0. The second kappa shape index (κ2) is 22.3. The summed E-state index contributed by atoms with van der Waals surface area (Å²) in [7, 11) is 0. The van der Waals surface area contributed by atoms with Crippen molar-refractivity contribution in [1.29, 1.82) is 0 Å². The molecule has 19 aromatic rings. The van der Waals surface area contributed by atoms with Crippen molar-refractivity contribution in [1.82, 2.24) is 49.8 Å². The maximum absolute atomic E-state index is 5.34. The van der Waals surface area contributed by atoms with Gasteiger partial charge in [0.2, 0.25) is 0 Å². The lowest BCUT2D eigenvalue weighted by Gasteiger charge is -2.13. The number of benzene rings is 9. The third-order valence-corrected chi connectivity index (χ3v) is 18.7. The molecular weight excluding hydrogens is 1170 g/mol. The standard InChI is InChI=1S/C86H50N10/c1-2-9-67-66(8-1)68(31-32-69(67)74-35-30-58-21-20-57-7-5-40-89-83(57)85(58)96-74)73-34-27-54-17-23-60(46-79(54)93-73)62-25-19-56-29-37-77(95-81(56)48-62)82-49-63(38-42-88-82)65-43-64-44-71(70-10-6-41-90-86(70)84(64)91-50-65)51-12-14-52(15-13-51)72-33-26-53-16-22-59(45-78(53)92-72)61-24-18-55-28-36-76(94-80(55)47-61)75-11-3-4-39-87-75/h1-50H. The normalized spacial score (nSPS) is 11.8. The average Bonchev–Trinajstić information content (AvgIpc) is 0.801. The van der Waals surface area contributed by atoms with E-state index < -0.39 is 0 Å². The molecule has 0 aliphatic heterocycles. The van der Waals surface area contributed by atoms with Crippen molar-refractivity contribution in [2.24, 2.45) is 0 Å². The molecule has 0 N–H and O–H groups in total. The Balaban J connectivity index is 0.597. The van der Waals surface area contributed by atoms with E-state index in [1.807, 2.05) is 73.3 Å². The molecule has 0 saturated heterocycles. The van der Waals surface area contributed by atoms with Gasteiger partial charge in [-0.25, -0.2) is 24.9 Å². The quantitative estimate of drug-likeness (QED) is 0.129. The largest absolute Gasteiger partial charge is 0.255 e. The second-order valence-corrected chi connectivity index (χ2v) is 24.4. The Hall–Kier alpha value is -13.2. The van der Waals surface area contributed by atoms with Gasteiger partial charge < -0.3 is 0 Å². The molecule has 0 spiro atoms. The number of nitrogens with zero attached hydrogens (tertiary/aromatic N) is 10. The SMILES string of the molecule is c1ccc(-c2ccc3ccc(-c4ccc5ccc(-c6ccc(-c7cc8cc(-c9ccnc(-c%10ccc%11ccc(-c%12ccc%13ccc(-c%14ccc(-c%15ccc%16ccc%17cccnc%17c%16n%15)c%15ccccc%14%15)nc%13c%12)cc%11n%10)c9)cnc8c8ncccc78)cc6)nc5c4)cc3n2)nc1. The Kier molecular flexibility index (Phi) is 12.7. The molecule has 0 atom stereocenters. The van der Waals surface area contributed by atoms with Crippen molar-refractivity contribution in [3.05, 3.63) is 304 Å². The summed E-state index contributed by atoms with van der Waals surface area (Å²) in [5.41, 5.74) is 24.6. The lowest BCUT2D eigenvalue weighted by Crippen LogP contribution is -1.92. The first-order chi connectivity index (χ1) is 47.5. The maximum atomic E-state index is 5.34. The van der Waals surface area contributed by atoms with Gasteiger partial charge in [0, 0.05) is 96.3 Å². The molecule has 444 valence electrons. The van der Waals surface area contributed by atoms with Crippen LogP contribution in [0.2, 0.25) is 0 Å². The molecule has 0 aliphatic carbocycles. The number of aromatic nitrogens is 10. The fraction of sp³-hybridized carbons (Fsp3) is 0. The summed E-state index contributed by atoms with van der Waals surface area (Å²) < 4.78 is 0. The highest BCUT2D eigenvalue weighted by Crippen LogP contribution is 2.40. The van der Waals surface area contributed by atoms with E-state index in [1.165, 1.54) is 0 Å². The predicted molar refractivity (Wildman–Crippen MR) is 391 cm³/mol. The van der Waals surface area contributed by atoms with Crippen LogP contribution >= 0.6 is 0 Å². The lowest BCUT2D eigenvalue weighted by atomic mass is 9.95. The smallest absolute Gasteiger partial charge is 0.0972 e. The average molecular weight is 1220 g/mol. The van der Waals surface area contributed by atoms with Gasteiger partial charge in [-0.05, 0) is 153 Å². The highest BCUT2D eigenvalue weighted by atomic mass is 14.8. The van der Waals surface area contributed by atoms with Crippen LogP contribution in [0.3, 0.4) is 0 Å². The molecule has 0 radical (unpaired) electrons. The number of hydrogen-bond acceptors (Lipinski definition) is 10. The van der Waals surface area contributed by atoms with Crippen LogP contribution in [0.25, 0.3) is 199 Å². The van der Waals surface area contributed by atoms with E-state index in [0.29, 0.717) is 0 Å². The number of hydrogen-bond donors (Lipinski definition) is 0. The topological polar surface area (TPSA) is 129 Å². The number of rotatable bonds is 9. The lowest BCUT2D eigenvalue weighted by molar-refractivity contribution is 1.27. The van der Waals surface area contributed by atoms with Crippen molar-refractivity contribution < 1.29 is 0 Å². The van der Waals surface area contributed by atoms with Crippen LogP contribution in [0.4, 0.5) is 0 Å². The zero-order valence-corrected chi connectivity index (χ0v) is 51.3. The Morgan fingerprint density at radius 1 is 0.177 bits per heavy atom. The van der Waals surface area contributed by atoms with Gasteiger partial charge in [0.1, 0.15) is 0 Å². The Bertz CT molecular complexity index is 6410. The van der Waals surface area contributed by atoms with Gasteiger partial charge in [-0.15, -0.1) is 0 Å². The van der Waals surface area contributed by atoms with Crippen LogP contribution in [0, 0.1) is 0 Å². The van der Waals surface area contributed by atoms with E-state index in [1.54, 1.807) is 6.20 Å². The molecule has 0 unspecified atom stereocenters. The van der Waals surface area contributed by atoms with E-state index in [-0.39, 0.29) is 0 Å². The Morgan fingerprint density at radius 2 is 0.625 bits per heavy atom. The molecule has 0 bridgehead atoms. The first kappa shape index (κ1) is 54.5. The van der Waals surface area contributed by atoms with Crippen molar-refractivity contribution in [2.45, 2.75) is 0 Å². The van der Waals surface area contributed by atoms with Crippen LogP contribution in [0.1, 0.15) is 0 Å². The fourth-order valence-corrected chi connectivity index (χ4v) is 13.7. The molecule has 0 fully saturated rings. The molecule has 10 nitrogen and oxygen atoms in total. The minimum absolute atomic E-state index is 0.767. The molecular formula is C86H50N10. The maximum Gasteiger partial charge on any atom is 0.0972 e. The highest BCUT2D eigenvalue weighted by Gasteiger charge is 2.18. The molecule has 9 aromatic carbocycles. The monoisotopic (exact) mass is 1220 g/mol. The molecule has 0 amide bonds. The molecule has 0 saturated carbocycles. The predicted octanol–water partition coefficient (Wildman–Crippen LogP) is 21.0.